The second-order valence-corrected chi connectivity index (χ2v) is 5.95. The average molecular weight is 269 g/mol. The van der Waals surface area contributed by atoms with Crippen molar-refractivity contribution in [3.63, 3.8) is 0 Å². The molecule has 0 spiro atoms. The molecular formula is C18H23NO. The Morgan fingerprint density at radius 3 is 2.75 bits per heavy atom. The van der Waals surface area contributed by atoms with Crippen molar-refractivity contribution in [2.75, 3.05) is 0 Å². The van der Waals surface area contributed by atoms with Crippen LogP contribution in [-0.2, 0) is 17.8 Å². The molecule has 3 rings (SSSR count). The van der Waals surface area contributed by atoms with Gasteiger partial charge in [0.15, 0.2) is 5.78 Å². The predicted octanol–water partition coefficient (Wildman–Crippen LogP) is 3.55. The van der Waals surface area contributed by atoms with Gasteiger partial charge >= 0.3 is 0 Å². The van der Waals surface area contributed by atoms with Crippen molar-refractivity contribution in [2.45, 2.75) is 57.5 Å². The molecule has 1 aromatic rings. The van der Waals surface area contributed by atoms with Crippen LogP contribution in [0.2, 0.25) is 0 Å². The lowest BCUT2D eigenvalue weighted by Gasteiger charge is -2.26. The molecule has 0 saturated heterocycles. The van der Waals surface area contributed by atoms with E-state index in [1.165, 1.54) is 36.8 Å². The van der Waals surface area contributed by atoms with Crippen LogP contribution < -0.4 is 5.32 Å². The van der Waals surface area contributed by atoms with Gasteiger partial charge in [0.25, 0.3) is 0 Å². The molecule has 2 aliphatic rings. The standard InChI is InChI=1S/C18H23NO/c20-18(14-8-4-2-1-3-5-9-14)17-12-15-10-6-7-11-16(15)13-19-17/h6-8,10-11,17,19H,1-5,9,12-13H2/b14-8+. The number of Topliss-reactive ketones (excluding diaryl/α,β-unsaturated/α-hetero) is 1. The molecule has 0 radical (unpaired) electrons. The van der Waals surface area contributed by atoms with Gasteiger partial charge in [0, 0.05) is 6.54 Å². The Balaban J connectivity index is 1.72. The number of allylic oxidation sites excluding steroid dienone is 1. The Kier molecular flexibility index (Phi) is 4.31. The van der Waals surface area contributed by atoms with Crippen LogP contribution in [0.4, 0.5) is 0 Å². The average Bonchev–Trinajstić information content (AvgIpc) is 2.46. The van der Waals surface area contributed by atoms with Gasteiger partial charge in [-0.2, -0.15) is 0 Å². The molecule has 2 nitrogen and oxygen atoms in total. The molecule has 0 bridgehead atoms. The Hall–Kier alpha value is -1.41. The maximum absolute atomic E-state index is 12.7. The smallest absolute Gasteiger partial charge is 0.175 e. The lowest BCUT2D eigenvalue weighted by Crippen LogP contribution is -2.42. The fourth-order valence-electron chi connectivity index (χ4n) is 3.28. The lowest BCUT2D eigenvalue weighted by atomic mass is 9.88. The lowest BCUT2D eigenvalue weighted by molar-refractivity contribution is -0.117. The molecule has 0 fully saturated rings. The molecule has 0 amide bonds. The number of hydrogen-bond donors (Lipinski definition) is 1. The monoisotopic (exact) mass is 269 g/mol. The van der Waals surface area contributed by atoms with Gasteiger partial charge in [0.1, 0.15) is 0 Å². The number of carbonyl (C=O) groups is 1. The molecule has 0 saturated carbocycles. The minimum atomic E-state index is -0.0180. The third kappa shape index (κ3) is 3.01. The number of ketones is 1. The highest BCUT2D eigenvalue weighted by molar-refractivity contribution is 5.99. The number of fused-ring (bicyclic) bond motifs is 1. The van der Waals surface area contributed by atoms with Crippen LogP contribution in [0.25, 0.3) is 0 Å². The number of benzene rings is 1. The first-order valence-electron chi connectivity index (χ1n) is 7.88. The van der Waals surface area contributed by atoms with Crippen LogP contribution in [-0.4, -0.2) is 11.8 Å². The summed E-state index contributed by atoms with van der Waals surface area (Å²) >= 11 is 0. The molecule has 106 valence electrons. The van der Waals surface area contributed by atoms with E-state index in [9.17, 15) is 4.79 Å². The number of carbonyl (C=O) groups excluding carboxylic acids is 1. The van der Waals surface area contributed by atoms with Gasteiger partial charge in [-0.15, -0.1) is 0 Å². The summed E-state index contributed by atoms with van der Waals surface area (Å²) in [6.45, 7) is 0.819. The Morgan fingerprint density at radius 1 is 1.05 bits per heavy atom. The van der Waals surface area contributed by atoms with Gasteiger partial charge in [-0.1, -0.05) is 43.2 Å². The summed E-state index contributed by atoms with van der Waals surface area (Å²) in [6, 6.07) is 8.43. The highest BCUT2D eigenvalue weighted by atomic mass is 16.1. The summed E-state index contributed by atoms with van der Waals surface area (Å²) in [4.78, 5) is 12.7. The fourth-order valence-corrected chi connectivity index (χ4v) is 3.28. The van der Waals surface area contributed by atoms with E-state index in [4.69, 9.17) is 0 Å². The molecule has 1 unspecified atom stereocenters. The topological polar surface area (TPSA) is 29.1 Å². The first kappa shape index (κ1) is 13.6. The van der Waals surface area contributed by atoms with E-state index in [0.717, 1.165) is 31.4 Å². The second kappa shape index (κ2) is 6.36. The molecule has 1 aliphatic carbocycles. The molecule has 2 heteroatoms. The van der Waals surface area contributed by atoms with Crippen molar-refractivity contribution in [3.05, 3.63) is 47.0 Å². The van der Waals surface area contributed by atoms with Crippen molar-refractivity contribution in [2.24, 2.45) is 0 Å². The van der Waals surface area contributed by atoms with Crippen molar-refractivity contribution in [1.82, 2.24) is 5.32 Å². The highest BCUT2D eigenvalue weighted by Crippen LogP contribution is 2.22. The van der Waals surface area contributed by atoms with Crippen LogP contribution in [0.15, 0.2) is 35.9 Å². The van der Waals surface area contributed by atoms with E-state index in [2.05, 4.69) is 35.7 Å². The van der Waals surface area contributed by atoms with Gasteiger partial charge in [-0.05, 0) is 48.8 Å². The predicted molar refractivity (Wildman–Crippen MR) is 81.6 cm³/mol. The molecular weight excluding hydrogens is 246 g/mol. The summed E-state index contributed by atoms with van der Waals surface area (Å²) in [6.07, 6.45) is 10.1. The first-order valence-corrected chi connectivity index (χ1v) is 7.88. The molecule has 1 aliphatic heterocycles. The van der Waals surface area contributed by atoms with Gasteiger partial charge in [-0.25, -0.2) is 0 Å². The van der Waals surface area contributed by atoms with Gasteiger partial charge in [0.05, 0.1) is 6.04 Å². The number of nitrogens with one attached hydrogen (secondary N) is 1. The third-order valence-corrected chi connectivity index (χ3v) is 4.51. The number of rotatable bonds is 2. The molecule has 1 N–H and O–H groups in total. The van der Waals surface area contributed by atoms with Gasteiger partial charge in [-0.3, -0.25) is 4.79 Å². The molecule has 1 heterocycles. The third-order valence-electron chi connectivity index (χ3n) is 4.51. The van der Waals surface area contributed by atoms with E-state index in [1.807, 2.05) is 0 Å². The minimum absolute atomic E-state index is 0.0180. The van der Waals surface area contributed by atoms with E-state index >= 15 is 0 Å². The molecule has 1 aromatic carbocycles. The maximum atomic E-state index is 12.7. The molecule has 20 heavy (non-hydrogen) atoms. The minimum Gasteiger partial charge on any atom is -0.303 e. The highest BCUT2D eigenvalue weighted by Gasteiger charge is 2.26. The van der Waals surface area contributed by atoms with E-state index in [1.54, 1.807) is 0 Å². The van der Waals surface area contributed by atoms with Crippen LogP contribution >= 0.6 is 0 Å². The van der Waals surface area contributed by atoms with Crippen LogP contribution in [0.5, 0.6) is 0 Å². The van der Waals surface area contributed by atoms with Crippen molar-refractivity contribution < 1.29 is 4.79 Å². The van der Waals surface area contributed by atoms with Crippen molar-refractivity contribution in [1.29, 1.82) is 0 Å². The number of hydrogen-bond acceptors (Lipinski definition) is 2. The maximum Gasteiger partial charge on any atom is 0.175 e. The zero-order chi connectivity index (χ0) is 13.8. The molecule has 1 atom stereocenters. The van der Waals surface area contributed by atoms with E-state index < -0.39 is 0 Å². The SMILES string of the molecule is O=C(/C1=C/CCCCCC1)C1Cc2ccccc2CN1. The molecule has 0 aromatic heterocycles. The van der Waals surface area contributed by atoms with Crippen LogP contribution in [0.3, 0.4) is 0 Å². The van der Waals surface area contributed by atoms with E-state index in [-0.39, 0.29) is 6.04 Å². The summed E-state index contributed by atoms with van der Waals surface area (Å²) in [7, 11) is 0. The zero-order valence-corrected chi connectivity index (χ0v) is 12.0. The zero-order valence-electron chi connectivity index (χ0n) is 12.0. The first-order chi connectivity index (χ1) is 9.84. The fraction of sp³-hybridized carbons (Fsp3) is 0.500. The van der Waals surface area contributed by atoms with Crippen molar-refractivity contribution >= 4 is 5.78 Å². The summed E-state index contributed by atoms with van der Waals surface area (Å²) < 4.78 is 0. The van der Waals surface area contributed by atoms with Gasteiger partial charge in [0.2, 0.25) is 0 Å². The summed E-state index contributed by atoms with van der Waals surface area (Å²) in [5.74, 6) is 0.335. The van der Waals surface area contributed by atoms with Crippen LogP contribution in [0.1, 0.15) is 49.7 Å². The Morgan fingerprint density at radius 2 is 1.85 bits per heavy atom. The summed E-state index contributed by atoms with van der Waals surface area (Å²) in [5, 5.41) is 3.42. The second-order valence-electron chi connectivity index (χ2n) is 5.95. The quantitative estimate of drug-likeness (QED) is 0.889. The van der Waals surface area contributed by atoms with Crippen molar-refractivity contribution in [3.8, 4) is 0 Å². The normalized spacial score (nSPS) is 25.8. The largest absolute Gasteiger partial charge is 0.303 e. The van der Waals surface area contributed by atoms with E-state index in [0.29, 0.717) is 5.78 Å². The van der Waals surface area contributed by atoms with Gasteiger partial charge < -0.3 is 5.32 Å². The Bertz CT molecular complexity index is 518. The van der Waals surface area contributed by atoms with Crippen LogP contribution in [0, 0.1) is 0 Å². The summed E-state index contributed by atoms with van der Waals surface area (Å²) in [5.41, 5.74) is 3.74. The Labute approximate surface area is 121 Å².